The van der Waals surface area contributed by atoms with E-state index in [1.807, 2.05) is 6.07 Å². The first kappa shape index (κ1) is 35.8. The van der Waals surface area contributed by atoms with Gasteiger partial charge in [0.15, 0.2) is 23.9 Å². The number of esters is 1. The molecule has 2 aromatic heterocycles. The first-order valence-corrected chi connectivity index (χ1v) is 18.3. The highest BCUT2D eigenvalue weighted by Crippen LogP contribution is 2.37. The molecule has 5 heterocycles. The van der Waals surface area contributed by atoms with Crippen LogP contribution in [0.1, 0.15) is 58.8 Å². The lowest BCUT2D eigenvalue weighted by atomic mass is 9.86. The molecule has 4 aromatic rings. The van der Waals surface area contributed by atoms with Gasteiger partial charge in [-0.25, -0.2) is 9.59 Å². The molecule has 1 amide bonds. The second-order valence-electron chi connectivity index (χ2n) is 13.6. The first-order valence-electron chi connectivity index (χ1n) is 17.5. The van der Waals surface area contributed by atoms with E-state index in [4.69, 9.17) is 42.1 Å². The highest BCUT2D eigenvalue weighted by atomic mass is 35.5. The maximum atomic E-state index is 13.7. The van der Waals surface area contributed by atoms with Gasteiger partial charge < -0.3 is 24.2 Å². The summed E-state index contributed by atoms with van der Waals surface area (Å²) < 4.78 is 24.4. The van der Waals surface area contributed by atoms with E-state index in [-0.39, 0.29) is 29.1 Å². The molecule has 272 valence electrons. The standard InChI is InChI=1S/C39H40Cl2N4O7/c1-49-34-11-10-29(17-36(34)50-24-26-4-5-26)35(18-31-32(40)21-44(48)22-33(31)41)51-38(46)28-8-6-25(7-9-28)20-45(30-3-2-14-42-19-30)39(47)52-37-23-43-15-12-27(37)13-16-43/h2-3,6-11,14,17,19,21-22,26-27,35,37H,4-5,12-13,15-16,18,20,23-24H2,1H3/t35?,37-/m0/s1. The van der Waals surface area contributed by atoms with Crippen LogP contribution in [0, 0.1) is 17.0 Å². The second kappa shape index (κ2) is 16.0. The molecular formula is C39H40Cl2N4O7. The van der Waals surface area contributed by atoms with E-state index in [0.717, 1.165) is 50.9 Å². The Bertz CT molecular complexity index is 1860. The lowest BCUT2D eigenvalue weighted by molar-refractivity contribution is -0.605. The van der Waals surface area contributed by atoms with Crippen molar-refractivity contribution >= 4 is 41.0 Å². The molecule has 3 aliphatic heterocycles. The fraction of sp³-hybridized carbons (Fsp3) is 0.385. The Kier molecular flexibility index (Phi) is 11.0. The summed E-state index contributed by atoms with van der Waals surface area (Å²) in [4.78, 5) is 35.5. The van der Waals surface area contributed by atoms with Crippen LogP contribution >= 0.6 is 23.2 Å². The van der Waals surface area contributed by atoms with Crippen molar-refractivity contribution in [2.75, 3.05) is 38.3 Å². The van der Waals surface area contributed by atoms with E-state index in [2.05, 4.69) is 9.88 Å². The van der Waals surface area contributed by atoms with E-state index in [9.17, 15) is 14.8 Å². The van der Waals surface area contributed by atoms with Crippen LogP contribution in [0.15, 0.2) is 79.4 Å². The number of carbonyl (C=O) groups is 2. The van der Waals surface area contributed by atoms with Crippen LogP contribution in [0.4, 0.5) is 10.5 Å². The quantitative estimate of drug-likeness (QED) is 0.0796. The van der Waals surface area contributed by atoms with Crippen molar-refractivity contribution < 1.29 is 33.3 Å². The van der Waals surface area contributed by atoms with Gasteiger partial charge in [0.1, 0.15) is 22.3 Å². The molecule has 11 nitrogen and oxygen atoms in total. The number of fused-ring (bicyclic) bond motifs is 3. The molecule has 1 aliphatic carbocycles. The summed E-state index contributed by atoms with van der Waals surface area (Å²) in [7, 11) is 1.57. The smallest absolute Gasteiger partial charge is 0.414 e. The number of amides is 1. The summed E-state index contributed by atoms with van der Waals surface area (Å²) in [5.74, 6) is 1.39. The van der Waals surface area contributed by atoms with Crippen molar-refractivity contribution in [1.82, 2.24) is 9.88 Å². The van der Waals surface area contributed by atoms with E-state index in [0.29, 0.717) is 57.0 Å². The molecule has 4 fully saturated rings. The zero-order valence-electron chi connectivity index (χ0n) is 28.8. The zero-order valence-corrected chi connectivity index (χ0v) is 30.3. The van der Waals surface area contributed by atoms with Gasteiger partial charge in [-0.3, -0.25) is 14.8 Å². The molecular weight excluding hydrogens is 707 g/mol. The minimum atomic E-state index is -0.846. The minimum Gasteiger partial charge on any atom is -0.619 e. The topological polar surface area (TPSA) is 117 Å². The van der Waals surface area contributed by atoms with Gasteiger partial charge in [-0.1, -0.05) is 41.4 Å². The molecule has 0 N–H and O–H groups in total. The molecule has 8 rings (SSSR count). The molecule has 0 spiro atoms. The predicted octanol–water partition coefficient (Wildman–Crippen LogP) is 7.20. The second-order valence-corrected chi connectivity index (χ2v) is 14.4. The number of benzene rings is 2. The Morgan fingerprint density at radius 3 is 2.40 bits per heavy atom. The van der Waals surface area contributed by atoms with Gasteiger partial charge >= 0.3 is 12.1 Å². The summed E-state index contributed by atoms with van der Waals surface area (Å²) in [6, 6.07) is 15.8. The lowest BCUT2D eigenvalue weighted by Crippen LogP contribution is -2.53. The Balaban J connectivity index is 1.09. The molecule has 0 radical (unpaired) electrons. The van der Waals surface area contributed by atoms with Crippen LogP contribution in [-0.4, -0.2) is 61.4 Å². The molecule has 4 aliphatic rings. The number of hydrogen-bond acceptors (Lipinski definition) is 9. The molecule has 1 saturated carbocycles. The number of rotatable bonds is 13. The highest BCUT2D eigenvalue weighted by molar-refractivity contribution is 6.35. The number of pyridine rings is 2. The Morgan fingerprint density at radius 1 is 1.02 bits per heavy atom. The minimum absolute atomic E-state index is 0.0958. The largest absolute Gasteiger partial charge is 0.619 e. The molecule has 2 bridgehead atoms. The van der Waals surface area contributed by atoms with Gasteiger partial charge in [0.05, 0.1) is 37.7 Å². The molecule has 52 heavy (non-hydrogen) atoms. The van der Waals surface area contributed by atoms with Crippen molar-refractivity contribution in [2.45, 2.75) is 50.9 Å². The number of ether oxygens (including phenoxy) is 4. The average molecular weight is 748 g/mol. The zero-order chi connectivity index (χ0) is 36.2. The number of nitrogens with zero attached hydrogens (tertiary/aromatic N) is 4. The summed E-state index contributed by atoms with van der Waals surface area (Å²) >= 11 is 12.9. The van der Waals surface area contributed by atoms with Gasteiger partial charge in [-0.15, -0.1) is 0 Å². The molecule has 13 heteroatoms. The number of aromatic nitrogens is 2. The van der Waals surface area contributed by atoms with E-state index < -0.39 is 18.2 Å². The van der Waals surface area contributed by atoms with Crippen LogP contribution in [0.5, 0.6) is 11.5 Å². The van der Waals surface area contributed by atoms with Crippen LogP contribution in [0.25, 0.3) is 0 Å². The molecule has 1 unspecified atom stereocenters. The maximum Gasteiger partial charge on any atom is 0.414 e. The number of carbonyl (C=O) groups excluding carboxylic acids is 2. The average Bonchev–Trinajstić information content (AvgIpc) is 3.99. The van der Waals surface area contributed by atoms with Crippen molar-refractivity contribution in [3.63, 3.8) is 0 Å². The Hall–Kier alpha value is -4.58. The number of methoxy groups -OCH3 is 1. The van der Waals surface area contributed by atoms with Gasteiger partial charge in [0, 0.05) is 24.7 Å². The van der Waals surface area contributed by atoms with E-state index in [1.54, 1.807) is 72.9 Å². The summed E-state index contributed by atoms with van der Waals surface area (Å²) in [6.45, 7) is 3.62. The van der Waals surface area contributed by atoms with Crippen LogP contribution in [-0.2, 0) is 22.4 Å². The van der Waals surface area contributed by atoms with Crippen LogP contribution < -0.4 is 19.1 Å². The number of piperidine rings is 3. The summed E-state index contributed by atoms with van der Waals surface area (Å²) in [5.41, 5.74) is 2.79. The molecule has 3 saturated heterocycles. The fourth-order valence-electron chi connectivity index (χ4n) is 6.78. The molecule has 2 aromatic carbocycles. The third kappa shape index (κ3) is 8.54. The van der Waals surface area contributed by atoms with Crippen LogP contribution in [0.2, 0.25) is 10.0 Å². The lowest BCUT2D eigenvalue weighted by Gasteiger charge is -2.44. The highest BCUT2D eigenvalue weighted by Gasteiger charge is 2.37. The van der Waals surface area contributed by atoms with E-state index >= 15 is 0 Å². The number of halogens is 2. The first-order chi connectivity index (χ1) is 25.2. The fourth-order valence-corrected chi connectivity index (χ4v) is 7.37. The third-order valence-corrected chi connectivity index (χ3v) is 10.6. The summed E-state index contributed by atoms with van der Waals surface area (Å²) in [5, 5.41) is 12.3. The van der Waals surface area contributed by atoms with Crippen molar-refractivity contribution in [3.8, 4) is 11.5 Å². The maximum absolute atomic E-state index is 13.7. The van der Waals surface area contributed by atoms with Crippen LogP contribution in [0.3, 0.4) is 0 Å². The van der Waals surface area contributed by atoms with Gasteiger partial charge in [0.25, 0.3) is 0 Å². The van der Waals surface area contributed by atoms with Gasteiger partial charge in [-0.2, -0.15) is 4.73 Å². The normalized spacial score (nSPS) is 19.8. The van der Waals surface area contributed by atoms with Gasteiger partial charge in [-0.05, 0) is 98.1 Å². The Morgan fingerprint density at radius 2 is 1.77 bits per heavy atom. The van der Waals surface area contributed by atoms with E-state index in [1.165, 1.54) is 12.4 Å². The third-order valence-electron chi connectivity index (χ3n) is 9.98. The predicted molar refractivity (Wildman–Crippen MR) is 195 cm³/mol. The van der Waals surface area contributed by atoms with Crippen molar-refractivity contribution in [2.24, 2.45) is 11.8 Å². The van der Waals surface area contributed by atoms with Gasteiger partial charge in [0.2, 0.25) is 0 Å². The SMILES string of the molecule is COc1ccc(C(Cc2c(Cl)c[n+]([O-])cc2Cl)OC(=O)c2ccc(CN(C(=O)O[C@H]3CN4CCC3CC4)c3cccnc3)cc2)cc1OCC1CC1. The van der Waals surface area contributed by atoms with Crippen molar-refractivity contribution in [1.29, 1.82) is 0 Å². The number of anilines is 1. The Labute approximate surface area is 312 Å². The summed E-state index contributed by atoms with van der Waals surface area (Å²) in [6.07, 6.45) is 8.68. The monoisotopic (exact) mass is 746 g/mol. The number of hydrogen-bond donors (Lipinski definition) is 0. The molecule has 2 atom stereocenters. The van der Waals surface area contributed by atoms with Crippen molar-refractivity contribution in [3.05, 3.63) is 117 Å².